The second kappa shape index (κ2) is 4.61. The first kappa shape index (κ1) is 10.5. The van der Waals surface area contributed by atoms with Crippen LogP contribution in [0.1, 0.15) is 32.6 Å². The molecular weight excluding hydrogens is 166 g/mol. The molecule has 0 aromatic carbocycles. The fourth-order valence-corrected chi connectivity index (χ4v) is 2.40. The van der Waals surface area contributed by atoms with Crippen molar-refractivity contribution in [1.29, 1.82) is 0 Å². The molecule has 13 heavy (non-hydrogen) atoms. The minimum Gasteiger partial charge on any atom is -0.481 e. The van der Waals surface area contributed by atoms with Crippen LogP contribution in [0.15, 0.2) is 0 Å². The molecule has 0 aromatic heterocycles. The molecule has 0 aromatic rings. The zero-order valence-corrected chi connectivity index (χ0v) is 8.20. The lowest BCUT2D eigenvalue weighted by Gasteiger charge is -2.32. The molecule has 1 rings (SSSR count). The van der Waals surface area contributed by atoms with Gasteiger partial charge in [0.1, 0.15) is 0 Å². The molecule has 1 saturated carbocycles. The summed E-state index contributed by atoms with van der Waals surface area (Å²) in [6.45, 7) is 2.43. The Bertz CT molecular complexity index is 182. The van der Waals surface area contributed by atoms with Crippen molar-refractivity contribution in [3.05, 3.63) is 0 Å². The lowest BCUT2D eigenvalue weighted by Crippen LogP contribution is -2.35. The number of aliphatic carboxylic acids is 1. The van der Waals surface area contributed by atoms with E-state index in [1.165, 1.54) is 12.8 Å². The van der Waals surface area contributed by atoms with E-state index in [2.05, 4.69) is 6.92 Å². The SMILES string of the molecule is CC1CCCCC1C(CN)C(=O)O. The third-order valence-electron chi connectivity index (χ3n) is 3.27. The monoisotopic (exact) mass is 185 g/mol. The van der Waals surface area contributed by atoms with Crippen molar-refractivity contribution in [2.45, 2.75) is 32.6 Å². The molecule has 3 atom stereocenters. The summed E-state index contributed by atoms with van der Waals surface area (Å²) in [5, 5.41) is 8.96. The van der Waals surface area contributed by atoms with Crippen LogP contribution in [0.3, 0.4) is 0 Å². The number of hydrogen-bond donors (Lipinski definition) is 2. The Morgan fingerprint density at radius 1 is 1.54 bits per heavy atom. The van der Waals surface area contributed by atoms with Gasteiger partial charge in [-0.1, -0.05) is 26.2 Å². The molecule has 0 saturated heterocycles. The summed E-state index contributed by atoms with van der Waals surface area (Å²) in [6, 6.07) is 0. The van der Waals surface area contributed by atoms with Crippen molar-refractivity contribution in [2.75, 3.05) is 6.54 Å². The van der Waals surface area contributed by atoms with E-state index < -0.39 is 5.97 Å². The van der Waals surface area contributed by atoms with E-state index in [1.807, 2.05) is 0 Å². The molecule has 0 bridgehead atoms. The van der Waals surface area contributed by atoms with Gasteiger partial charge in [0, 0.05) is 6.54 Å². The molecule has 1 aliphatic rings. The number of nitrogens with two attached hydrogens (primary N) is 1. The molecule has 3 nitrogen and oxygen atoms in total. The maximum atomic E-state index is 10.9. The molecule has 1 aliphatic carbocycles. The van der Waals surface area contributed by atoms with Crippen LogP contribution in [-0.2, 0) is 4.79 Å². The molecule has 0 heterocycles. The first-order chi connectivity index (χ1) is 6.16. The van der Waals surface area contributed by atoms with Gasteiger partial charge in [0.15, 0.2) is 0 Å². The van der Waals surface area contributed by atoms with Crippen LogP contribution >= 0.6 is 0 Å². The third-order valence-corrected chi connectivity index (χ3v) is 3.27. The van der Waals surface area contributed by atoms with Crippen molar-refractivity contribution < 1.29 is 9.90 Å². The van der Waals surface area contributed by atoms with E-state index >= 15 is 0 Å². The molecule has 76 valence electrons. The third kappa shape index (κ3) is 2.44. The fourth-order valence-electron chi connectivity index (χ4n) is 2.40. The standard InChI is InChI=1S/C10H19NO2/c1-7-4-2-3-5-8(7)9(6-11)10(12)13/h7-9H,2-6,11H2,1H3,(H,12,13). The predicted octanol–water partition coefficient (Wildman–Crippen LogP) is 1.47. The van der Waals surface area contributed by atoms with Gasteiger partial charge in [-0.2, -0.15) is 0 Å². The number of hydrogen-bond acceptors (Lipinski definition) is 2. The molecule has 0 aliphatic heterocycles. The van der Waals surface area contributed by atoms with Crippen LogP contribution in [0.5, 0.6) is 0 Å². The quantitative estimate of drug-likeness (QED) is 0.700. The molecule has 1 fully saturated rings. The number of carboxylic acid groups (broad SMARTS) is 1. The summed E-state index contributed by atoms with van der Waals surface area (Å²) in [4.78, 5) is 10.9. The van der Waals surface area contributed by atoms with E-state index in [9.17, 15) is 4.79 Å². The van der Waals surface area contributed by atoms with Gasteiger partial charge in [-0.15, -0.1) is 0 Å². The van der Waals surface area contributed by atoms with Gasteiger partial charge in [-0.05, 0) is 18.3 Å². The van der Waals surface area contributed by atoms with Crippen LogP contribution in [0, 0.1) is 17.8 Å². The highest BCUT2D eigenvalue weighted by atomic mass is 16.4. The first-order valence-corrected chi connectivity index (χ1v) is 5.09. The van der Waals surface area contributed by atoms with Crippen molar-refractivity contribution in [3.63, 3.8) is 0 Å². The highest BCUT2D eigenvalue weighted by molar-refractivity contribution is 5.70. The largest absolute Gasteiger partial charge is 0.481 e. The van der Waals surface area contributed by atoms with Gasteiger partial charge < -0.3 is 10.8 Å². The fraction of sp³-hybridized carbons (Fsp3) is 0.900. The van der Waals surface area contributed by atoms with Crippen LogP contribution in [0.4, 0.5) is 0 Å². The van der Waals surface area contributed by atoms with Crippen molar-refractivity contribution >= 4 is 5.97 Å². The van der Waals surface area contributed by atoms with Gasteiger partial charge in [0.2, 0.25) is 0 Å². The van der Waals surface area contributed by atoms with Crippen LogP contribution < -0.4 is 5.73 Å². The summed E-state index contributed by atoms with van der Waals surface area (Å²) in [5.41, 5.74) is 5.49. The Morgan fingerprint density at radius 2 is 2.15 bits per heavy atom. The highest BCUT2D eigenvalue weighted by Crippen LogP contribution is 2.34. The van der Waals surface area contributed by atoms with Crippen molar-refractivity contribution in [1.82, 2.24) is 0 Å². The normalized spacial score (nSPS) is 31.2. The Balaban J connectivity index is 2.60. The highest BCUT2D eigenvalue weighted by Gasteiger charge is 2.32. The Morgan fingerprint density at radius 3 is 2.62 bits per heavy atom. The average molecular weight is 185 g/mol. The second-order valence-corrected chi connectivity index (χ2v) is 4.11. The number of carbonyl (C=O) groups is 1. The van der Waals surface area contributed by atoms with E-state index in [0.717, 1.165) is 12.8 Å². The maximum absolute atomic E-state index is 10.9. The Hall–Kier alpha value is -0.570. The molecule has 0 radical (unpaired) electrons. The van der Waals surface area contributed by atoms with Crippen LogP contribution in [0.2, 0.25) is 0 Å². The van der Waals surface area contributed by atoms with Gasteiger partial charge in [0.25, 0.3) is 0 Å². The first-order valence-electron chi connectivity index (χ1n) is 5.09. The minimum atomic E-state index is -0.721. The minimum absolute atomic E-state index is 0.282. The lowest BCUT2D eigenvalue weighted by molar-refractivity contribution is -0.144. The Kier molecular flexibility index (Phi) is 3.72. The van der Waals surface area contributed by atoms with E-state index in [0.29, 0.717) is 11.8 Å². The zero-order valence-electron chi connectivity index (χ0n) is 8.20. The average Bonchev–Trinajstić information content (AvgIpc) is 2.09. The second-order valence-electron chi connectivity index (χ2n) is 4.11. The molecular formula is C10H19NO2. The van der Waals surface area contributed by atoms with Gasteiger partial charge in [-0.25, -0.2) is 0 Å². The van der Waals surface area contributed by atoms with Crippen molar-refractivity contribution in [3.8, 4) is 0 Å². The maximum Gasteiger partial charge on any atom is 0.308 e. The summed E-state index contributed by atoms with van der Waals surface area (Å²) < 4.78 is 0. The van der Waals surface area contributed by atoms with E-state index in [4.69, 9.17) is 10.8 Å². The van der Waals surface area contributed by atoms with Gasteiger partial charge in [0.05, 0.1) is 5.92 Å². The molecule has 3 heteroatoms. The number of carboxylic acids is 1. The van der Waals surface area contributed by atoms with Crippen LogP contribution in [0.25, 0.3) is 0 Å². The van der Waals surface area contributed by atoms with Crippen molar-refractivity contribution in [2.24, 2.45) is 23.5 Å². The van der Waals surface area contributed by atoms with Crippen LogP contribution in [-0.4, -0.2) is 17.6 Å². The molecule has 3 unspecified atom stereocenters. The Labute approximate surface area is 79.3 Å². The lowest BCUT2D eigenvalue weighted by atomic mass is 9.73. The predicted molar refractivity (Wildman–Crippen MR) is 51.3 cm³/mol. The summed E-state index contributed by atoms with van der Waals surface area (Å²) >= 11 is 0. The van der Waals surface area contributed by atoms with E-state index in [1.54, 1.807) is 0 Å². The smallest absolute Gasteiger partial charge is 0.308 e. The zero-order chi connectivity index (χ0) is 9.84. The molecule has 0 spiro atoms. The molecule has 3 N–H and O–H groups in total. The van der Waals surface area contributed by atoms with E-state index in [-0.39, 0.29) is 12.5 Å². The summed E-state index contributed by atoms with van der Waals surface area (Å²) in [5.74, 6) is -0.216. The topological polar surface area (TPSA) is 63.3 Å². The molecule has 0 amide bonds. The van der Waals surface area contributed by atoms with Gasteiger partial charge in [-0.3, -0.25) is 4.79 Å². The van der Waals surface area contributed by atoms with Gasteiger partial charge >= 0.3 is 5.97 Å². The summed E-state index contributed by atoms with van der Waals surface area (Å²) in [7, 11) is 0. The number of rotatable bonds is 3. The summed E-state index contributed by atoms with van der Waals surface area (Å²) in [6.07, 6.45) is 4.61.